The molecular weight excluding hydrogens is 497 g/mol. The van der Waals surface area contributed by atoms with Gasteiger partial charge in [-0.25, -0.2) is 23.1 Å². The second kappa shape index (κ2) is 9.13. The van der Waals surface area contributed by atoms with Crippen molar-refractivity contribution in [2.24, 2.45) is 11.7 Å². The van der Waals surface area contributed by atoms with Crippen molar-refractivity contribution in [3.63, 3.8) is 0 Å². The number of nitriles is 1. The summed E-state index contributed by atoms with van der Waals surface area (Å²) in [4.78, 5) is 24.9. The van der Waals surface area contributed by atoms with Crippen LogP contribution in [-0.4, -0.2) is 37.4 Å². The Kier molecular flexibility index (Phi) is 6.12. The van der Waals surface area contributed by atoms with Gasteiger partial charge in [-0.1, -0.05) is 11.6 Å². The molecule has 0 atom stereocenters. The lowest BCUT2D eigenvalue weighted by Crippen LogP contribution is -2.44. The van der Waals surface area contributed by atoms with Gasteiger partial charge in [-0.3, -0.25) is 9.36 Å². The van der Waals surface area contributed by atoms with Crippen LogP contribution >= 0.6 is 11.6 Å². The number of carbonyl (C=O) groups is 1. The Bertz CT molecular complexity index is 1350. The van der Waals surface area contributed by atoms with Crippen LogP contribution in [0.2, 0.25) is 5.02 Å². The third-order valence-corrected chi connectivity index (χ3v) is 7.03. The molecule has 9 nitrogen and oxygen atoms in total. The van der Waals surface area contributed by atoms with E-state index in [2.05, 4.69) is 25.6 Å². The summed E-state index contributed by atoms with van der Waals surface area (Å²) in [5.41, 5.74) is 6.33. The molecule has 3 aromatic rings. The van der Waals surface area contributed by atoms with Crippen LogP contribution in [0.15, 0.2) is 18.3 Å². The Morgan fingerprint density at radius 2 is 1.94 bits per heavy atom. The molecule has 0 unspecified atom stereocenters. The summed E-state index contributed by atoms with van der Waals surface area (Å²) >= 11 is 6.24. The predicted octanol–water partition coefficient (Wildman–Crippen LogP) is 4.66. The summed E-state index contributed by atoms with van der Waals surface area (Å²) in [6, 6.07) is 3.67. The Morgan fingerprint density at radius 3 is 2.56 bits per heavy atom. The second-order valence-corrected chi connectivity index (χ2v) is 9.68. The number of nitrogens with one attached hydrogen (secondary N) is 2. The molecule has 4 N–H and O–H groups in total. The van der Waals surface area contributed by atoms with Crippen molar-refractivity contribution in [1.29, 1.82) is 5.26 Å². The van der Waals surface area contributed by atoms with E-state index >= 15 is 0 Å². The minimum Gasteiger partial charge on any atom is -0.369 e. The van der Waals surface area contributed by atoms with E-state index in [1.807, 2.05) is 6.07 Å². The highest BCUT2D eigenvalue weighted by molar-refractivity contribution is 6.33. The Morgan fingerprint density at radius 1 is 1.22 bits per heavy atom. The maximum absolute atomic E-state index is 14.8. The first-order valence-electron chi connectivity index (χ1n) is 11.5. The van der Waals surface area contributed by atoms with E-state index < -0.39 is 17.8 Å². The number of imidazole rings is 1. The topological polar surface area (TPSA) is 135 Å². The largest absolute Gasteiger partial charge is 0.369 e. The molecule has 188 valence electrons. The first kappa shape index (κ1) is 24.1. The summed E-state index contributed by atoms with van der Waals surface area (Å²) in [7, 11) is 0. The van der Waals surface area contributed by atoms with Crippen LogP contribution in [0.1, 0.15) is 50.1 Å². The maximum atomic E-state index is 14.8. The van der Waals surface area contributed by atoms with E-state index in [4.69, 9.17) is 22.6 Å². The summed E-state index contributed by atoms with van der Waals surface area (Å²) in [5.74, 6) is -3.56. The summed E-state index contributed by atoms with van der Waals surface area (Å²) in [5, 5.41) is 14.9. The van der Waals surface area contributed by atoms with Gasteiger partial charge in [-0.05, 0) is 37.8 Å². The van der Waals surface area contributed by atoms with Gasteiger partial charge in [0, 0.05) is 30.8 Å². The molecule has 2 fully saturated rings. The number of hydrogen-bond donors (Lipinski definition) is 3. The monoisotopic (exact) mass is 518 g/mol. The number of halogens is 4. The molecule has 2 aliphatic rings. The van der Waals surface area contributed by atoms with E-state index in [1.54, 1.807) is 4.57 Å². The van der Waals surface area contributed by atoms with Crippen LogP contribution in [0.5, 0.6) is 0 Å². The van der Waals surface area contributed by atoms with Gasteiger partial charge in [0.05, 0.1) is 28.5 Å². The standard InChI is InChI=1S/C23H22ClF3N8O/c24-15-5-11(9-28)6-16(25)18(15)33-22-32-17-10-30-21(31-13-7-23(26,27)8-13)34-20(17)35(22)14-3-1-12(2-4-14)19(29)36/h5-6,10,12-14H,1-4,7-8H2,(H2,29,36)(H,32,33)(H,30,31,34). The number of carbonyl (C=O) groups excluding carboxylic acids is 1. The van der Waals surface area contributed by atoms with Crippen LogP contribution < -0.4 is 16.4 Å². The number of fused-ring (bicyclic) bond motifs is 1. The van der Waals surface area contributed by atoms with E-state index in [0.29, 0.717) is 36.8 Å². The van der Waals surface area contributed by atoms with Crippen molar-refractivity contribution in [1.82, 2.24) is 19.5 Å². The van der Waals surface area contributed by atoms with Gasteiger partial charge in [0.1, 0.15) is 11.3 Å². The molecule has 2 aromatic heterocycles. The van der Waals surface area contributed by atoms with Gasteiger partial charge in [0.25, 0.3) is 5.92 Å². The van der Waals surface area contributed by atoms with E-state index in [-0.39, 0.29) is 58.9 Å². The maximum Gasteiger partial charge on any atom is 0.252 e. The highest BCUT2D eigenvalue weighted by Gasteiger charge is 2.45. The molecule has 1 aromatic carbocycles. The summed E-state index contributed by atoms with van der Waals surface area (Å²) in [6.45, 7) is 0. The van der Waals surface area contributed by atoms with Gasteiger partial charge >= 0.3 is 0 Å². The van der Waals surface area contributed by atoms with Crippen molar-refractivity contribution < 1.29 is 18.0 Å². The van der Waals surface area contributed by atoms with Gasteiger partial charge in [0.15, 0.2) is 5.65 Å². The normalized spacial score (nSPS) is 21.5. The zero-order valence-electron chi connectivity index (χ0n) is 18.9. The molecule has 2 heterocycles. The molecule has 1 amide bonds. The van der Waals surface area contributed by atoms with E-state index in [9.17, 15) is 18.0 Å². The number of benzene rings is 1. The zero-order chi connectivity index (χ0) is 25.6. The molecule has 36 heavy (non-hydrogen) atoms. The van der Waals surface area contributed by atoms with Gasteiger partial charge in [-0.15, -0.1) is 0 Å². The Labute approximate surface area is 208 Å². The number of hydrogen-bond acceptors (Lipinski definition) is 7. The molecule has 0 saturated heterocycles. The highest BCUT2D eigenvalue weighted by Crippen LogP contribution is 2.40. The zero-order valence-corrected chi connectivity index (χ0v) is 19.7. The SMILES string of the molecule is N#Cc1cc(F)c(Nc2nc3cnc(NC4CC(F)(F)C4)nc3n2C2CCC(C(N)=O)CC2)c(Cl)c1. The number of alkyl halides is 2. The number of nitrogens with two attached hydrogens (primary N) is 1. The summed E-state index contributed by atoms with van der Waals surface area (Å²) in [6.07, 6.45) is 3.20. The first-order valence-corrected chi connectivity index (χ1v) is 11.9. The van der Waals surface area contributed by atoms with Crippen LogP contribution in [0, 0.1) is 23.1 Å². The predicted molar refractivity (Wildman–Crippen MR) is 127 cm³/mol. The minimum absolute atomic E-state index is 0.00180. The third kappa shape index (κ3) is 4.63. The lowest BCUT2D eigenvalue weighted by atomic mass is 9.85. The number of anilines is 3. The number of amides is 1. The molecule has 2 saturated carbocycles. The average molecular weight is 519 g/mol. The van der Waals surface area contributed by atoms with Crippen LogP contribution in [0.3, 0.4) is 0 Å². The number of rotatable bonds is 6. The van der Waals surface area contributed by atoms with Gasteiger partial charge in [-0.2, -0.15) is 10.2 Å². The van der Waals surface area contributed by atoms with Crippen molar-refractivity contribution in [2.75, 3.05) is 10.6 Å². The lowest BCUT2D eigenvalue weighted by Gasteiger charge is -2.35. The number of nitrogens with zero attached hydrogens (tertiary/aromatic N) is 5. The smallest absolute Gasteiger partial charge is 0.252 e. The molecule has 0 radical (unpaired) electrons. The fourth-order valence-corrected chi connectivity index (χ4v) is 5.08. The molecule has 0 bridgehead atoms. The molecule has 5 rings (SSSR count). The number of primary amides is 1. The van der Waals surface area contributed by atoms with Gasteiger partial charge < -0.3 is 16.4 Å². The average Bonchev–Trinajstić information content (AvgIpc) is 3.17. The van der Waals surface area contributed by atoms with Crippen LogP contribution in [0.25, 0.3) is 11.2 Å². The molecule has 0 aliphatic heterocycles. The molecule has 2 aliphatic carbocycles. The van der Waals surface area contributed by atoms with Crippen molar-refractivity contribution in [3.05, 3.63) is 34.7 Å². The van der Waals surface area contributed by atoms with E-state index in [1.165, 1.54) is 12.3 Å². The Balaban J connectivity index is 1.52. The van der Waals surface area contributed by atoms with Crippen LogP contribution in [-0.2, 0) is 4.79 Å². The molecule has 13 heteroatoms. The van der Waals surface area contributed by atoms with Gasteiger partial charge in [0.2, 0.25) is 17.8 Å². The van der Waals surface area contributed by atoms with Crippen molar-refractivity contribution in [2.45, 2.75) is 56.5 Å². The first-order chi connectivity index (χ1) is 17.1. The molecule has 0 spiro atoms. The summed E-state index contributed by atoms with van der Waals surface area (Å²) < 4.78 is 43.1. The third-order valence-electron chi connectivity index (χ3n) is 6.73. The quantitative estimate of drug-likeness (QED) is 0.432. The van der Waals surface area contributed by atoms with E-state index in [0.717, 1.165) is 6.07 Å². The highest BCUT2D eigenvalue weighted by atomic mass is 35.5. The lowest BCUT2D eigenvalue weighted by molar-refractivity contribution is -0.122. The fraction of sp³-hybridized carbons (Fsp3) is 0.435. The van der Waals surface area contributed by atoms with Crippen molar-refractivity contribution >= 4 is 46.3 Å². The minimum atomic E-state index is -2.69. The van der Waals surface area contributed by atoms with Crippen LogP contribution in [0.4, 0.5) is 30.8 Å². The molecular formula is C23H22ClF3N8O. The Hall–Kier alpha value is -3.59. The van der Waals surface area contributed by atoms with Crippen molar-refractivity contribution in [3.8, 4) is 6.07 Å². The fourth-order valence-electron chi connectivity index (χ4n) is 4.83. The second-order valence-electron chi connectivity index (χ2n) is 9.27. The number of aromatic nitrogens is 4.